The summed E-state index contributed by atoms with van der Waals surface area (Å²) in [5, 5.41) is 7.17. The summed E-state index contributed by atoms with van der Waals surface area (Å²) in [7, 11) is 1.79. The molecule has 0 fully saturated rings. The predicted molar refractivity (Wildman–Crippen MR) is 75.7 cm³/mol. The van der Waals surface area contributed by atoms with Crippen LogP contribution in [0.4, 0.5) is 5.82 Å². The van der Waals surface area contributed by atoms with Crippen LogP contribution in [0.15, 0.2) is 30.3 Å². The lowest BCUT2D eigenvalue weighted by Gasteiger charge is -2.06. The molecule has 5 nitrogen and oxygen atoms in total. The van der Waals surface area contributed by atoms with Crippen molar-refractivity contribution in [2.75, 3.05) is 5.32 Å². The molecule has 3 N–H and O–H groups in total. The van der Waals surface area contributed by atoms with Gasteiger partial charge in [-0.05, 0) is 19.4 Å². The van der Waals surface area contributed by atoms with Crippen LogP contribution < -0.4 is 11.1 Å². The number of aromatic nitrogens is 2. The average Bonchev–Trinajstić information content (AvgIpc) is 2.71. The van der Waals surface area contributed by atoms with Gasteiger partial charge in [0.2, 0.25) is 5.91 Å². The van der Waals surface area contributed by atoms with Crippen LogP contribution in [0.2, 0.25) is 0 Å². The fourth-order valence-corrected chi connectivity index (χ4v) is 1.82. The molecule has 0 bridgehead atoms. The molecule has 5 heteroatoms. The first-order valence-electron chi connectivity index (χ1n) is 6.15. The Morgan fingerprint density at radius 2 is 2.11 bits per heavy atom. The summed E-state index contributed by atoms with van der Waals surface area (Å²) in [6, 6.07) is 9.30. The van der Waals surface area contributed by atoms with Crippen molar-refractivity contribution in [3.8, 4) is 11.3 Å². The summed E-state index contributed by atoms with van der Waals surface area (Å²) in [5.74, 6) is 0.417. The standard InChI is InChI=1S/C14H18N4O/c1-9-6-4-5-7-11(9)12-8-13(18(3)17-12)16-14(19)10(2)15/h4-8,10H,15H2,1-3H3,(H,16,19)/t10-/m1/s1. The van der Waals surface area contributed by atoms with E-state index in [1.165, 1.54) is 0 Å². The Balaban J connectivity index is 2.32. The fourth-order valence-electron chi connectivity index (χ4n) is 1.82. The quantitative estimate of drug-likeness (QED) is 0.879. The molecule has 0 aliphatic heterocycles. The van der Waals surface area contributed by atoms with Crippen molar-refractivity contribution in [2.45, 2.75) is 19.9 Å². The van der Waals surface area contributed by atoms with Crippen molar-refractivity contribution in [1.82, 2.24) is 9.78 Å². The molecule has 0 aliphatic rings. The van der Waals surface area contributed by atoms with Gasteiger partial charge in [0.1, 0.15) is 5.82 Å². The van der Waals surface area contributed by atoms with Crippen LogP contribution in [-0.2, 0) is 11.8 Å². The summed E-state index contributed by atoms with van der Waals surface area (Å²) < 4.78 is 1.64. The molecule has 0 aliphatic carbocycles. The van der Waals surface area contributed by atoms with Crippen LogP contribution in [0, 0.1) is 6.92 Å². The average molecular weight is 258 g/mol. The van der Waals surface area contributed by atoms with E-state index in [9.17, 15) is 4.79 Å². The van der Waals surface area contributed by atoms with E-state index < -0.39 is 6.04 Å². The first-order valence-corrected chi connectivity index (χ1v) is 6.15. The highest BCUT2D eigenvalue weighted by Gasteiger charge is 2.13. The largest absolute Gasteiger partial charge is 0.320 e. The molecule has 0 saturated carbocycles. The topological polar surface area (TPSA) is 72.9 Å². The zero-order chi connectivity index (χ0) is 14.0. The first-order chi connectivity index (χ1) is 8.99. The molecule has 1 amide bonds. The third-order valence-electron chi connectivity index (χ3n) is 2.97. The van der Waals surface area contributed by atoms with E-state index in [1.54, 1.807) is 18.7 Å². The lowest BCUT2D eigenvalue weighted by molar-refractivity contribution is -0.117. The maximum Gasteiger partial charge on any atom is 0.242 e. The van der Waals surface area contributed by atoms with Crippen molar-refractivity contribution in [3.05, 3.63) is 35.9 Å². The fraction of sp³-hybridized carbons (Fsp3) is 0.286. The van der Waals surface area contributed by atoms with Gasteiger partial charge in [-0.15, -0.1) is 0 Å². The summed E-state index contributed by atoms with van der Waals surface area (Å²) in [5.41, 5.74) is 8.57. The van der Waals surface area contributed by atoms with Crippen molar-refractivity contribution in [2.24, 2.45) is 12.8 Å². The highest BCUT2D eigenvalue weighted by molar-refractivity contribution is 5.94. The van der Waals surface area contributed by atoms with Crippen molar-refractivity contribution >= 4 is 11.7 Å². The van der Waals surface area contributed by atoms with Gasteiger partial charge in [0, 0.05) is 18.7 Å². The number of anilines is 1. The summed E-state index contributed by atoms with van der Waals surface area (Å²) in [6.07, 6.45) is 0. The summed E-state index contributed by atoms with van der Waals surface area (Å²) in [4.78, 5) is 11.6. The van der Waals surface area contributed by atoms with Crippen LogP contribution in [0.1, 0.15) is 12.5 Å². The van der Waals surface area contributed by atoms with Crippen molar-refractivity contribution < 1.29 is 4.79 Å². The Kier molecular flexibility index (Phi) is 3.66. The number of aryl methyl sites for hydroxylation is 2. The maximum atomic E-state index is 11.6. The number of rotatable bonds is 3. The SMILES string of the molecule is Cc1ccccc1-c1cc(NC(=O)[C@@H](C)N)n(C)n1. The lowest BCUT2D eigenvalue weighted by atomic mass is 10.1. The van der Waals surface area contributed by atoms with Gasteiger partial charge in [-0.2, -0.15) is 5.10 Å². The molecule has 0 radical (unpaired) electrons. The minimum absolute atomic E-state index is 0.223. The van der Waals surface area contributed by atoms with Crippen LogP contribution >= 0.6 is 0 Å². The highest BCUT2D eigenvalue weighted by atomic mass is 16.2. The van der Waals surface area contributed by atoms with Gasteiger partial charge in [-0.25, -0.2) is 0 Å². The molecule has 2 rings (SSSR count). The molecule has 0 saturated heterocycles. The number of amides is 1. The van der Waals surface area contributed by atoms with E-state index in [-0.39, 0.29) is 5.91 Å². The normalized spacial score (nSPS) is 12.2. The number of nitrogens with zero attached hydrogens (tertiary/aromatic N) is 2. The van der Waals surface area contributed by atoms with Crippen LogP contribution in [0.3, 0.4) is 0 Å². The number of nitrogens with one attached hydrogen (secondary N) is 1. The second-order valence-corrected chi connectivity index (χ2v) is 4.63. The van der Waals surface area contributed by atoms with E-state index in [0.717, 1.165) is 16.8 Å². The van der Waals surface area contributed by atoms with Crippen molar-refractivity contribution in [3.63, 3.8) is 0 Å². The molecular weight excluding hydrogens is 240 g/mol. The highest BCUT2D eigenvalue weighted by Crippen LogP contribution is 2.24. The molecular formula is C14H18N4O. The predicted octanol–water partition coefficient (Wildman–Crippen LogP) is 1.68. The summed E-state index contributed by atoms with van der Waals surface area (Å²) in [6.45, 7) is 3.68. The van der Waals surface area contributed by atoms with Gasteiger partial charge in [-0.1, -0.05) is 24.3 Å². The number of benzene rings is 1. The number of carbonyl (C=O) groups is 1. The summed E-state index contributed by atoms with van der Waals surface area (Å²) >= 11 is 0. The molecule has 0 unspecified atom stereocenters. The van der Waals surface area contributed by atoms with E-state index in [0.29, 0.717) is 5.82 Å². The van der Waals surface area contributed by atoms with E-state index >= 15 is 0 Å². The Hall–Kier alpha value is -2.14. The minimum Gasteiger partial charge on any atom is -0.320 e. The van der Waals surface area contributed by atoms with Gasteiger partial charge in [0.25, 0.3) is 0 Å². The van der Waals surface area contributed by atoms with Gasteiger partial charge < -0.3 is 11.1 Å². The Labute approximate surface area is 112 Å². The smallest absolute Gasteiger partial charge is 0.242 e. The third kappa shape index (κ3) is 2.82. The Bertz CT molecular complexity index is 601. The zero-order valence-corrected chi connectivity index (χ0v) is 11.3. The maximum absolute atomic E-state index is 11.6. The van der Waals surface area contributed by atoms with Crippen molar-refractivity contribution in [1.29, 1.82) is 0 Å². The van der Waals surface area contributed by atoms with Gasteiger partial charge >= 0.3 is 0 Å². The zero-order valence-electron chi connectivity index (χ0n) is 11.3. The van der Waals surface area contributed by atoms with E-state index in [4.69, 9.17) is 5.73 Å². The van der Waals surface area contributed by atoms with Gasteiger partial charge in [0.05, 0.1) is 11.7 Å². The molecule has 1 aromatic heterocycles. The monoisotopic (exact) mass is 258 g/mol. The second kappa shape index (κ2) is 5.24. The molecule has 0 spiro atoms. The third-order valence-corrected chi connectivity index (χ3v) is 2.97. The second-order valence-electron chi connectivity index (χ2n) is 4.63. The molecule has 19 heavy (non-hydrogen) atoms. The minimum atomic E-state index is -0.545. The Morgan fingerprint density at radius 3 is 2.74 bits per heavy atom. The molecule has 100 valence electrons. The van der Waals surface area contributed by atoms with Crippen LogP contribution in [0.25, 0.3) is 11.3 Å². The van der Waals surface area contributed by atoms with Crippen LogP contribution in [0.5, 0.6) is 0 Å². The number of hydrogen-bond donors (Lipinski definition) is 2. The van der Waals surface area contributed by atoms with Crippen LogP contribution in [-0.4, -0.2) is 21.7 Å². The van der Waals surface area contributed by atoms with Gasteiger partial charge in [-0.3, -0.25) is 9.48 Å². The molecule has 1 heterocycles. The molecule has 2 aromatic rings. The first kappa shape index (κ1) is 13.3. The number of nitrogens with two attached hydrogens (primary N) is 1. The molecule has 1 atom stereocenters. The molecule has 1 aromatic carbocycles. The van der Waals surface area contributed by atoms with Gasteiger partial charge in [0.15, 0.2) is 0 Å². The lowest BCUT2D eigenvalue weighted by Crippen LogP contribution is -2.33. The van der Waals surface area contributed by atoms with E-state index in [2.05, 4.69) is 10.4 Å². The Morgan fingerprint density at radius 1 is 1.42 bits per heavy atom. The number of hydrogen-bond acceptors (Lipinski definition) is 3. The van der Waals surface area contributed by atoms with E-state index in [1.807, 2.05) is 37.3 Å². The number of carbonyl (C=O) groups excluding carboxylic acids is 1.